The minimum absolute atomic E-state index is 0.0293. The first kappa shape index (κ1) is 13.7. The second-order valence-electron chi connectivity index (χ2n) is 4.36. The van der Waals surface area contributed by atoms with Crippen LogP contribution in [-0.2, 0) is 16.1 Å². The van der Waals surface area contributed by atoms with Gasteiger partial charge in [-0.25, -0.2) is 9.80 Å². The Morgan fingerprint density at radius 2 is 1.90 bits per heavy atom. The van der Waals surface area contributed by atoms with Crippen molar-refractivity contribution < 1.29 is 19.5 Å². The third kappa shape index (κ3) is 3.00. The van der Waals surface area contributed by atoms with Crippen LogP contribution in [0.25, 0.3) is 0 Å². The van der Waals surface area contributed by atoms with Gasteiger partial charge in [-0.1, -0.05) is 12.1 Å². The van der Waals surface area contributed by atoms with E-state index < -0.39 is 11.9 Å². The summed E-state index contributed by atoms with van der Waals surface area (Å²) < 4.78 is 0. The summed E-state index contributed by atoms with van der Waals surface area (Å²) in [5.41, 5.74) is 6.21. The van der Waals surface area contributed by atoms with Gasteiger partial charge in [0, 0.05) is 18.4 Å². The zero-order valence-electron chi connectivity index (χ0n) is 10.6. The number of hydrazone groups is 1. The summed E-state index contributed by atoms with van der Waals surface area (Å²) >= 11 is 0. The molecule has 0 radical (unpaired) electrons. The van der Waals surface area contributed by atoms with E-state index in [2.05, 4.69) is 5.10 Å². The Morgan fingerprint density at radius 1 is 1.25 bits per heavy atom. The first-order valence-corrected chi connectivity index (χ1v) is 5.97. The standard InChI is InChI=1S/C13H13N3O4/c14-12(18)9-3-1-8(2-4-9)7-16-11(17)6-5-10(15-16)13(19)20/h1-4H,5-7H2,(H2,14,18)(H,19,20). The number of benzene rings is 1. The molecule has 1 aliphatic rings. The molecule has 20 heavy (non-hydrogen) atoms. The van der Waals surface area contributed by atoms with Crippen LogP contribution in [0.3, 0.4) is 0 Å². The maximum Gasteiger partial charge on any atom is 0.352 e. The number of nitrogens with zero attached hydrogens (tertiary/aromatic N) is 2. The Balaban J connectivity index is 2.15. The zero-order chi connectivity index (χ0) is 14.7. The van der Waals surface area contributed by atoms with Crippen molar-refractivity contribution in [1.29, 1.82) is 0 Å². The van der Waals surface area contributed by atoms with Crippen molar-refractivity contribution in [3.05, 3.63) is 35.4 Å². The lowest BCUT2D eigenvalue weighted by molar-refractivity contribution is -0.133. The highest BCUT2D eigenvalue weighted by Crippen LogP contribution is 2.14. The number of carbonyl (C=O) groups excluding carboxylic acids is 2. The Kier molecular flexibility index (Phi) is 3.79. The highest BCUT2D eigenvalue weighted by atomic mass is 16.4. The van der Waals surface area contributed by atoms with Gasteiger partial charge in [0.2, 0.25) is 11.8 Å². The normalized spacial score (nSPS) is 14.9. The third-order valence-electron chi connectivity index (χ3n) is 2.92. The van der Waals surface area contributed by atoms with Gasteiger partial charge in [-0.05, 0) is 17.7 Å². The zero-order valence-corrected chi connectivity index (χ0v) is 10.6. The van der Waals surface area contributed by atoms with E-state index in [1.54, 1.807) is 24.3 Å². The fourth-order valence-electron chi connectivity index (χ4n) is 1.83. The van der Waals surface area contributed by atoms with Crippen LogP contribution < -0.4 is 5.73 Å². The predicted octanol–water partition coefficient (Wildman–Crippen LogP) is 0.348. The molecule has 7 nitrogen and oxygen atoms in total. The highest BCUT2D eigenvalue weighted by Gasteiger charge is 2.24. The lowest BCUT2D eigenvalue weighted by atomic mass is 10.1. The van der Waals surface area contributed by atoms with Gasteiger partial charge < -0.3 is 10.8 Å². The summed E-state index contributed by atoms with van der Waals surface area (Å²) in [6.07, 6.45) is 0.274. The fraction of sp³-hybridized carbons (Fsp3) is 0.231. The summed E-state index contributed by atoms with van der Waals surface area (Å²) in [5, 5.41) is 13.8. The molecule has 0 aromatic heterocycles. The molecule has 1 heterocycles. The van der Waals surface area contributed by atoms with Gasteiger partial charge in [-0.2, -0.15) is 5.10 Å². The molecule has 0 unspecified atom stereocenters. The maximum absolute atomic E-state index is 11.7. The number of aliphatic carboxylic acids is 1. The SMILES string of the molecule is NC(=O)c1ccc(CN2N=C(C(=O)O)CCC2=O)cc1. The number of primary amides is 1. The first-order chi connectivity index (χ1) is 9.47. The van der Waals surface area contributed by atoms with Crippen LogP contribution in [0.4, 0.5) is 0 Å². The second kappa shape index (κ2) is 5.52. The topological polar surface area (TPSA) is 113 Å². The number of carboxylic acids is 1. The minimum Gasteiger partial charge on any atom is -0.477 e. The molecule has 1 aromatic rings. The largest absolute Gasteiger partial charge is 0.477 e. The van der Waals surface area contributed by atoms with Gasteiger partial charge in [-0.3, -0.25) is 9.59 Å². The van der Waals surface area contributed by atoms with Crippen molar-refractivity contribution in [3.8, 4) is 0 Å². The van der Waals surface area contributed by atoms with Gasteiger partial charge >= 0.3 is 5.97 Å². The van der Waals surface area contributed by atoms with Crippen molar-refractivity contribution in [2.45, 2.75) is 19.4 Å². The number of rotatable bonds is 4. The molecule has 2 rings (SSSR count). The number of hydrogen-bond acceptors (Lipinski definition) is 4. The van der Waals surface area contributed by atoms with Crippen LogP contribution in [0, 0.1) is 0 Å². The lowest BCUT2D eigenvalue weighted by Crippen LogP contribution is -2.33. The summed E-state index contributed by atoms with van der Waals surface area (Å²) in [5.74, 6) is -1.88. The molecule has 0 atom stereocenters. The van der Waals surface area contributed by atoms with Gasteiger partial charge in [0.15, 0.2) is 0 Å². The number of hydrogen-bond donors (Lipinski definition) is 2. The highest BCUT2D eigenvalue weighted by molar-refractivity contribution is 6.36. The molecule has 7 heteroatoms. The number of carboxylic acid groups (broad SMARTS) is 1. The first-order valence-electron chi connectivity index (χ1n) is 5.97. The van der Waals surface area contributed by atoms with E-state index in [9.17, 15) is 14.4 Å². The van der Waals surface area contributed by atoms with Crippen LogP contribution in [0.15, 0.2) is 29.4 Å². The molecule has 0 aliphatic carbocycles. The van der Waals surface area contributed by atoms with Crippen molar-refractivity contribution in [1.82, 2.24) is 5.01 Å². The summed E-state index contributed by atoms with van der Waals surface area (Å²) in [4.78, 5) is 33.5. The fourth-order valence-corrected chi connectivity index (χ4v) is 1.83. The Hall–Kier alpha value is -2.70. The monoisotopic (exact) mass is 275 g/mol. The molecule has 104 valence electrons. The molecule has 0 saturated heterocycles. The molecule has 0 bridgehead atoms. The maximum atomic E-state index is 11.7. The molecular formula is C13H13N3O4. The van der Waals surface area contributed by atoms with Gasteiger partial charge in [0.05, 0.1) is 6.54 Å². The Morgan fingerprint density at radius 3 is 2.45 bits per heavy atom. The van der Waals surface area contributed by atoms with Crippen molar-refractivity contribution in [2.75, 3.05) is 0 Å². The average Bonchev–Trinajstić information content (AvgIpc) is 2.41. The van der Waals surface area contributed by atoms with Crippen LogP contribution >= 0.6 is 0 Å². The van der Waals surface area contributed by atoms with Crippen molar-refractivity contribution in [3.63, 3.8) is 0 Å². The predicted molar refractivity (Wildman–Crippen MR) is 69.8 cm³/mol. The van der Waals surface area contributed by atoms with E-state index in [0.717, 1.165) is 10.6 Å². The number of nitrogens with two attached hydrogens (primary N) is 1. The van der Waals surface area contributed by atoms with Gasteiger partial charge in [-0.15, -0.1) is 0 Å². The number of amides is 2. The van der Waals surface area contributed by atoms with Crippen molar-refractivity contribution in [2.24, 2.45) is 10.8 Å². The van der Waals surface area contributed by atoms with Crippen molar-refractivity contribution >= 4 is 23.5 Å². The lowest BCUT2D eigenvalue weighted by Gasteiger charge is -2.22. The molecule has 0 saturated carbocycles. The van der Waals surface area contributed by atoms with Gasteiger partial charge in [0.1, 0.15) is 5.71 Å². The van der Waals surface area contributed by atoms with Crippen LogP contribution in [0.1, 0.15) is 28.8 Å². The van der Waals surface area contributed by atoms with E-state index in [1.807, 2.05) is 0 Å². The Labute approximate surface area is 114 Å². The summed E-state index contributed by atoms with van der Waals surface area (Å²) in [7, 11) is 0. The molecule has 0 spiro atoms. The molecule has 2 amide bonds. The summed E-state index contributed by atoms with van der Waals surface area (Å²) in [6, 6.07) is 6.40. The average molecular weight is 275 g/mol. The van der Waals surface area contributed by atoms with E-state index in [4.69, 9.17) is 10.8 Å². The van der Waals surface area contributed by atoms with Crippen LogP contribution in [0.5, 0.6) is 0 Å². The van der Waals surface area contributed by atoms with E-state index in [0.29, 0.717) is 5.56 Å². The van der Waals surface area contributed by atoms with Gasteiger partial charge in [0.25, 0.3) is 0 Å². The van der Waals surface area contributed by atoms with E-state index >= 15 is 0 Å². The second-order valence-corrected chi connectivity index (χ2v) is 4.36. The molecule has 1 aliphatic heterocycles. The van der Waals surface area contributed by atoms with Crippen LogP contribution in [-0.4, -0.2) is 33.6 Å². The minimum atomic E-state index is -1.12. The smallest absolute Gasteiger partial charge is 0.352 e. The quantitative estimate of drug-likeness (QED) is 0.825. The van der Waals surface area contributed by atoms with Crippen LogP contribution in [0.2, 0.25) is 0 Å². The molecule has 1 aromatic carbocycles. The summed E-state index contributed by atoms with van der Waals surface area (Å²) in [6.45, 7) is 0.161. The third-order valence-corrected chi connectivity index (χ3v) is 2.92. The Bertz CT molecular complexity index is 592. The molecule has 0 fully saturated rings. The molecule has 3 N–H and O–H groups in total. The number of carbonyl (C=O) groups is 3. The van der Waals surface area contributed by atoms with E-state index in [1.165, 1.54) is 0 Å². The van der Waals surface area contributed by atoms with E-state index in [-0.39, 0.29) is 31.0 Å². The molecular weight excluding hydrogens is 262 g/mol.